The largest absolute Gasteiger partial charge is 0.325 e. The molecule has 3 unspecified atom stereocenters. The van der Waals surface area contributed by atoms with Crippen molar-refractivity contribution in [2.24, 2.45) is 23.5 Å². The summed E-state index contributed by atoms with van der Waals surface area (Å²) in [7, 11) is 0. The molecule has 0 aliphatic heterocycles. The third kappa shape index (κ3) is 3.52. The number of halogens is 1. The smallest absolute Gasteiger partial charge is 0.0408 e. The van der Waals surface area contributed by atoms with Crippen LogP contribution in [0.1, 0.15) is 45.6 Å². The summed E-state index contributed by atoms with van der Waals surface area (Å²) in [5.41, 5.74) is 8.03. The molecule has 1 aromatic rings. The van der Waals surface area contributed by atoms with Gasteiger partial charge in [-0.05, 0) is 54.7 Å². The lowest BCUT2D eigenvalue weighted by Crippen LogP contribution is -2.54. The SMILES string of the molecule is CC1CCC(C(C)C)C(N)(Cc2cccc(Cl)c2)C1. The van der Waals surface area contributed by atoms with Gasteiger partial charge in [-0.15, -0.1) is 0 Å². The van der Waals surface area contributed by atoms with E-state index in [9.17, 15) is 0 Å². The first-order chi connectivity index (χ1) is 8.90. The van der Waals surface area contributed by atoms with Crippen LogP contribution in [0.5, 0.6) is 0 Å². The van der Waals surface area contributed by atoms with Gasteiger partial charge in [-0.25, -0.2) is 0 Å². The van der Waals surface area contributed by atoms with E-state index in [4.69, 9.17) is 17.3 Å². The summed E-state index contributed by atoms with van der Waals surface area (Å²) in [6.45, 7) is 6.94. The molecule has 0 spiro atoms. The fourth-order valence-electron chi connectivity index (χ4n) is 3.88. The van der Waals surface area contributed by atoms with Gasteiger partial charge in [-0.1, -0.05) is 50.9 Å². The van der Waals surface area contributed by atoms with Crippen LogP contribution in [0.4, 0.5) is 0 Å². The molecule has 3 atom stereocenters. The molecule has 2 N–H and O–H groups in total. The molecule has 1 nitrogen and oxygen atoms in total. The van der Waals surface area contributed by atoms with E-state index >= 15 is 0 Å². The van der Waals surface area contributed by atoms with Crippen molar-refractivity contribution in [1.29, 1.82) is 0 Å². The maximum Gasteiger partial charge on any atom is 0.0408 e. The van der Waals surface area contributed by atoms with Gasteiger partial charge in [0.15, 0.2) is 0 Å². The molecule has 1 aliphatic rings. The lowest BCUT2D eigenvalue weighted by Gasteiger charge is -2.46. The summed E-state index contributed by atoms with van der Waals surface area (Å²) in [6, 6.07) is 8.17. The molecule has 1 fully saturated rings. The first-order valence-electron chi connectivity index (χ1n) is 7.44. The van der Waals surface area contributed by atoms with Gasteiger partial charge in [0.05, 0.1) is 0 Å². The zero-order chi connectivity index (χ0) is 14.0. The lowest BCUT2D eigenvalue weighted by molar-refractivity contribution is 0.109. The van der Waals surface area contributed by atoms with Gasteiger partial charge in [0.25, 0.3) is 0 Å². The van der Waals surface area contributed by atoms with Crippen molar-refractivity contribution in [2.75, 3.05) is 0 Å². The minimum absolute atomic E-state index is 0.0729. The Morgan fingerprint density at radius 3 is 2.74 bits per heavy atom. The van der Waals surface area contributed by atoms with Crippen LogP contribution in [0, 0.1) is 17.8 Å². The normalized spacial score (nSPS) is 31.7. The number of rotatable bonds is 3. The van der Waals surface area contributed by atoms with Crippen LogP contribution in [-0.4, -0.2) is 5.54 Å². The first-order valence-corrected chi connectivity index (χ1v) is 7.82. The molecule has 0 aromatic heterocycles. The molecule has 0 heterocycles. The molecule has 106 valence electrons. The van der Waals surface area contributed by atoms with Crippen molar-refractivity contribution in [2.45, 2.75) is 52.0 Å². The molecular formula is C17H26ClN. The summed E-state index contributed by atoms with van der Waals surface area (Å²) in [5.74, 6) is 2.00. The third-order valence-corrected chi connectivity index (χ3v) is 4.90. The van der Waals surface area contributed by atoms with Crippen molar-refractivity contribution in [3.63, 3.8) is 0 Å². The van der Waals surface area contributed by atoms with Gasteiger partial charge in [0.1, 0.15) is 0 Å². The Bertz CT molecular complexity index is 429. The maximum atomic E-state index is 6.83. The molecule has 1 aromatic carbocycles. The summed E-state index contributed by atoms with van der Waals surface area (Å²) < 4.78 is 0. The van der Waals surface area contributed by atoms with E-state index in [-0.39, 0.29) is 5.54 Å². The molecule has 1 aliphatic carbocycles. The molecule has 1 saturated carbocycles. The van der Waals surface area contributed by atoms with Crippen molar-refractivity contribution >= 4 is 11.6 Å². The van der Waals surface area contributed by atoms with Crippen LogP contribution in [-0.2, 0) is 6.42 Å². The minimum Gasteiger partial charge on any atom is -0.325 e. The van der Waals surface area contributed by atoms with Crippen LogP contribution < -0.4 is 5.73 Å². The zero-order valence-electron chi connectivity index (χ0n) is 12.3. The second kappa shape index (κ2) is 5.85. The monoisotopic (exact) mass is 279 g/mol. The average molecular weight is 280 g/mol. The highest BCUT2D eigenvalue weighted by atomic mass is 35.5. The minimum atomic E-state index is -0.0729. The molecule has 2 heteroatoms. The van der Waals surface area contributed by atoms with Crippen molar-refractivity contribution in [1.82, 2.24) is 0 Å². The van der Waals surface area contributed by atoms with Gasteiger partial charge in [0.2, 0.25) is 0 Å². The Kier molecular flexibility index (Phi) is 4.58. The number of hydrogen-bond acceptors (Lipinski definition) is 1. The van der Waals surface area contributed by atoms with Crippen LogP contribution in [0.2, 0.25) is 5.02 Å². The van der Waals surface area contributed by atoms with E-state index in [0.29, 0.717) is 11.8 Å². The molecule has 19 heavy (non-hydrogen) atoms. The highest BCUT2D eigenvalue weighted by Crippen LogP contribution is 2.41. The third-order valence-electron chi connectivity index (χ3n) is 4.66. The van der Waals surface area contributed by atoms with E-state index in [1.54, 1.807) is 0 Å². The topological polar surface area (TPSA) is 26.0 Å². The maximum absolute atomic E-state index is 6.83. The van der Waals surface area contributed by atoms with Gasteiger partial charge in [-0.2, -0.15) is 0 Å². The van der Waals surface area contributed by atoms with E-state index in [1.807, 2.05) is 12.1 Å². The van der Waals surface area contributed by atoms with Crippen molar-refractivity contribution < 1.29 is 0 Å². The van der Waals surface area contributed by atoms with Gasteiger partial charge >= 0.3 is 0 Å². The van der Waals surface area contributed by atoms with Crippen LogP contribution in [0.3, 0.4) is 0 Å². The van der Waals surface area contributed by atoms with E-state index < -0.39 is 0 Å². The Hall–Kier alpha value is -0.530. The Labute approximate surface area is 122 Å². The second-order valence-corrected chi connectivity index (χ2v) is 7.21. The highest BCUT2D eigenvalue weighted by Gasteiger charge is 2.41. The first kappa shape index (κ1) is 14.9. The fourth-order valence-corrected chi connectivity index (χ4v) is 4.09. The molecular weight excluding hydrogens is 254 g/mol. The molecule has 0 bridgehead atoms. The Balaban J connectivity index is 2.21. The van der Waals surface area contributed by atoms with Crippen LogP contribution >= 0.6 is 11.6 Å². The molecule has 0 amide bonds. The number of benzene rings is 1. The standard InChI is InChI=1S/C17H26ClN/c1-12(2)16-8-7-13(3)10-17(16,19)11-14-5-4-6-15(18)9-14/h4-6,9,12-13,16H,7-8,10-11,19H2,1-3H3. The average Bonchev–Trinajstić information content (AvgIpc) is 2.27. The highest BCUT2D eigenvalue weighted by molar-refractivity contribution is 6.30. The van der Waals surface area contributed by atoms with E-state index in [1.165, 1.54) is 18.4 Å². The van der Waals surface area contributed by atoms with Gasteiger partial charge in [-0.3, -0.25) is 0 Å². The number of nitrogens with two attached hydrogens (primary N) is 1. The summed E-state index contributed by atoms with van der Waals surface area (Å²) >= 11 is 6.09. The van der Waals surface area contributed by atoms with Gasteiger partial charge in [0, 0.05) is 10.6 Å². The van der Waals surface area contributed by atoms with E-state index in [0.717, 1.165) is 23.8 Å². The summed E-state index contributed by atoms with van der Waals surface area (Å²) in [6.07, 6.45) is 4.65. The second-order valence-electron chi connectivity index (χ2n) is 6.78. The molecule has 2 rings (SSSR count). The predicted octanol–water partition coefficient (Wildman–Crippen LogP) is 4.67. The van der Waals surface area contributed by atoms with Crippen LogP contribution in [0.25, 0.3) is 0 Å². The summed E-state index contributed by atoms with van der Waals surface area (Å²) in [4.78, 5) is 0. The predicted molar refractivity (Wildman–Crippen MR) is 83.4 cm³/mol. The van der Waals surface area contributed by atoms with Gasteiger partial charge < -0.3 is 5.73 Å². The molecule has 0 radical (unpaired) electrons. The Morgan fingerprint density at radius 1 is 1.37 bits per heavy atom. The van der Waals surface area contributed by atoms with Crippen molar-refractivity contribution in [3.8, 4) is 0 Å². The van der Waals surface area contributed by atoms with Crippen LogP contribution in [0.15, 0.2) is 24.3 Å². The quantitative estimate of drug-likeness (QED) is 0.855. The molecule has 0 saturated heterocycles. The fraction of sp³-hybridized carbons (Fsp3) is 0.647. The zero-order valence-corrected chi connectivity index (χ0v) is 13.1. The van der Waals surface area contributed by atoms with E-state index in [2.05, 4.69) is 32.9 Å². The summed E-state index contributed by atoms with van der Waals surface area (Å²) in [5, 5.41) is 0.811. The van der Waals surface area contributed by atoms with Crippen molar-refractivity contribution in [3.05, 3.63) is 34.9 Å². The number of hydrogen-bond donors (Lipinski definition) is 1. The lowest BCUT2D eigenvalue weighted by atomic mass is 9.63. The Morgan fingerprint density at radius 2 is 2.11 bits per heavy atom.